The highest BCUT2D eigenvalue weighted by atomic mass is 16.5. The van der Waals surface area contributed by atoms with Crippen LogP contribution in [0.4, 0.5) is 0 Å². The first-order valence-corrected chi connectivity index (χ1v) is 11.4. The molecule has 1 fully saturated rings. The monoisotopic (exact) mass is 423 g/mol. The van der Waals surface area contributed by atoms with Crippen molar-refractivity contribution in [1.82, 2.24) is 4.90 Å². The van der Waals surface area contributed by atoms with E-state index in [4.69, 9.17) is 9.47 Å². The Bertz CT molecular complexity index is 885. The van der Waals surface area contributed by atoms with Crippen LogP contribution in [0.5, 0.6) is 17.2 Å². The number of amides is 1. The Labute approximate surface area is 185 Å². The number of ether oxygens (including phenoxy) is 2. The summed E-state index contributed by atoms with van der Waals surface area (Å²) < 4.78 is 11.2. The standard InChI is InChI=1S/C26H33NO4/c1-30-22-16-20-14-15-27(24(29)13-8-18-6-4-3-5-7-18)26(25(20)23(17-22)31-2)19-9-11-21(28)12-10-19/h9-12,16-18,26,28H,3-8,13-15H2,1-2H3. The van der Waals surface area contributed by atoms with Gasteiger partial charge < -0.3 is 19.5 Å². The van der Waals surface area contributed by atoms with Crippen molar-refractivity contribution in [3.63, 3.8) is 0 Å². The fourth-order valence-corrected chi connectivity index (χ4v) is 5.21. The molecule has 0 radical (unpaired) electrons. The van der Waals surface area contributed by atoms with E-state index in [1.165, 1.54) is 32.1 Å². The van der Waals surface area contributed by atoms with E-state index in [0.717, 1.165) is 41.0 Å². The van der Waals surface area contributed by atoms with Crippen molar-refractivity contribution in [2.45, 2.75) is 57.4 Å². The van der Waals surface area contributed by atoms with E-state index in [0.29, 0.717) is 18.9 Å². The molecule has 4 rings (SSSR count). The number of phenols is 1. The summed E-state index contributed by atoms with van der Waals surface area (Å²) in [7, 11) is 3.31. The summed E-state index contributed by atoms with van der Waals surface area (Å²) in [6.07, 6.45) is 8.77. The van der Waals surface area contributed by atoms with Gasteiger partial charge in [-0.05, 0) is 48.1 Å². The van der Waals surface area contributed by atoms with Gasteiger partial charge in [-0.2, -0.15) is 0 Å². The molecule has 1 aliphatic carbocycles. The highest BCUT2D eigenvalue weighted by Gasteiger charge is 2.35. The third kappa shape index (κ3) is 4.65. The molecule has 31 heavy (non-hydrogen) atoms. The van der Waals surface area contributed by atoms with Gasteiger partial charge >= 0.3 is 0 Å². The molecule has 0 bridgehead atoms. The van der Waals surface area contributed by atoms with Crippen molar-refractivity contribution in [3.8, 4) is 17.2 Å². The Morgan fingerprint density at radius 2 is 1.81 bits per heavy atom. The number of nitrogens with zero attached hydrogens (tertiary/aromatic N) is 1. The number of carbonyl (C=O) groups excluding carboxylic acids is 1. The summed E-state index contributed by atoms with van der Waals surface area (Å²) in [6.45, 7) is 0.665. The minimum Gasteiger partial charge on any atom is -0.508 e. The number of rotatable bonds is 6. The van der Waals surface area contributed by atoms with Crippen molar-refractivity contribution >= 4 is 5.91 Å². The van der Waals surface area contributed by atoms with Crippen LogP contribution < -0.4 is 9.47 Å². The van der Waals surface area contributed by atoms with E-state index in [-0.39, 0.29) is 17.7 Å². The largest absolute Gasteiger partial charge is 0.508 e. The summed E-state index contributed by atoms with van der Waals surface area (Å²) in [5, 5.41) is 9.80. The maximum atomic E-state index is 13.4. The summed E-state index contributed by atoms with van der Waals surface area (Å²) in [5.41, 5.74) is 3.14. The fraction of sp³-hybridized carbons (Fsp3) is 0.500. The van der Waals surface area contributed by atoms with Crippen molar-refractivity contribution in [2.24, 2.45) is 5.92 Å². The van der Waals surface area contributed by atoms with Crippen LogP contribution in [0.15, 0.2) is 36.4 Å². The van der Waals surface area contributed by atoms with Gasteiger partial charge in [0.25, 0.3) is 0 Å². The van der Waals surface area contributed by atoms with Gasteiger partial charge in [-0.1, -0.05) is 44.2 Å². The summed E-state index contributed by atoms with van der Waals surface area (Å²) in [5.74, 6) is 2.60. The predicted octanol–water partition coefficient (Wildman–Crippen LogP) is 5.24. The second-order valence-electron chi connectivity index (χ2n) is 8.78. The lowest BCUT2D eigenvalue weighted by atomic mass is 9.84. The number of hydrogen-bond acceptors (Lipinski definition) is 4. The SMILES string of the molecule is COc1cc2c(c(OC)c1)C(c1ccc(O)cc1)N(C(=O)CCC1CCCCC1)CC2. The predicted molar refractivity (Wildman–Crippen MR) is 121 cm³/mol. The fourth-order valence-electron chi connectivity index (χ4n) is 5.21. The molecule has 1 unspecified atom stereocenters. The first kappa shape index (κ1) is 21.5. The molecule has 0 spiro atoms. The molecule has 1 aliphatic heterocycles. The smallest absolute Gasteiger partial charge is 0.223 e. The molecule has 1 atom stereocenters. The highest BCUT2D eigenvalue weighted by molar-refractivity contribution is 5.78. The van der Waals surface area contributed by atoms with Gasteiger partial charge in [-0.3, -0.25) is 4.79 Å². The molecule has 0 saturated heterocycles. The van der Waals surface area contributed by atoms with E-state index in [2.05, 4.69) is 6.07 Å². The average molecular weight is 424 g/mol. The lowest BCUT2D eigenvalue weighted by Crippen LogP contribution is -2.41. The van der Waals surface area contributed by atoms with Crippen molar-refractivity contribution < 1.29 is 19.4 Å². The molecule has 2 aliphatic rings. The van der Waals surface area contributed by atoms with Crippen molar-refractivity contribution in [1.29, 1.82) is 0 Å². The molecule has 5 heteroatoms. The molecule has 166 valence electrons. The lowest BCUT2D eigenvalue weighted by Gasteiger charge is -2.39. The van der Waals surface area contributed by atoms with Gasteiger partial charge in [-0.15, -0.1) is 0 Å². The first-order chi connectivity index (χ1) is 15.1. The third-order valence-electron chi connectivity index (χ3n) is 6.88. The third-order valence-corrected chi connectivity index (χ3v) is 6.88. The molecular weight excluding hydrogens is 390 g/mol. The topological polar surface area (TPSA) is 59.0 Å². The van der Waals surface area contributed by atoms with Crippen molar-refractivity contribution in [2.75, 3.05) is 20.8 Å². The molecule has 0 aromatic heterocycles. The molecular formula is C26H33NO4. The Hall–Kier alpha value is -2.69. The zero-order valence-electron chi connectivity index (χ0n) is 18.6. The minimum atomic E-state index is -0.232. The lowest BCUT2D eigenvalue weighted by molar-refractivity contribution is -0.133. The van der Waals surface area contributed by atoms with Crippen LogP contribution in [0, 0.1) is 5.92 Å². The maximum Gasteiger partial charge on any atom is 0.223 e. The zero-order chi connectivity index (χ0) is 21.8. The Morgan fingerprint density at radius 3 is 2.48 bits per heavy atom. The molecule has 2 aromatic rings. The maximum absolute atomic E-state index is 13.4. The van der Waals surface area contributed by atoms with Gasteiger partial charge in [0.2, 0.25) is 5.91 Å². The summed E-state index contributed by atoms with van der Waals surface area (Å²) in [4.78, 5) is 15.4. The van der Waals surface area contributed by atoms with Gasteiger partial charge in [0.1, 0.15) is 17.2 Å². The number of hydrogen-bond donors (Lipinski definition) is 1. The molecule has 2 aromatic carbocycles. The van der Waals surface area contributed by atoms with Crippen LogP contribution >= 0.6 is 0 Å². The normalized spacial score (nSPS) is 19.0. The Morgan fingerprint density at radius 1 is 1.06 bits per heavy atom. The highest BCUT2D eigenvalue weighted by Crippen LogP contribution is 2.43. The van der Waals surface area contributed by atoms with Crippen LogP contribution in [-0.4, -0.2) is 36.7 Å². The number of fused-ring (bicyclic) bond motifs is 1. The van der Waals surface area contributed by atoms with E-state index in [1.807, 2.05) is 23.1 Å². The van der Waals surface area contributed by atoms with E-state index >= 15 is 0 Å². The van der Waals surface area contributed by atoms with Gasteiger partial charge in [0.05, 0.1) is 20.3 Å². The van der Waals surface area contributed by atoms with Crippen LogP contribution in [0.1, 0.15) is 67.7 Å². The van der Waals surface area contributed by atoms with Crippen LogP contribution in [-0.2, 0) is 11.2 Å². The van der Waals surface area contributed by atoms with E-state index < -0.39 is 0 Å². The first-order valence-electron chi connectivity index (χ1n) is 11.4. The van der Waals surface area contributed by atoms with Crippen LogP contribution in [0.25, 0.3) is 0 Å². The minimum absolute atomic E-state index is 0.201. The van der Waals surface area contributed by atoms with E-state index in [1.54, 1.807) is 26.4 Å². The molecule has 1 heterocycles. The zero-order valence-corrected chi connectivity index (χ0v) is 18.6. The number of methoxy groups -OCH3 is 2. The molecule has 5 nitrogen and oxygen atoms in total. The molecule has 1 saturated carbocycles. The summed E-state index contributed by atoms with van der Waals surface area (Å²) >= 11 is 0. The number of carbonyl (C=O) groups is 1. The van der Waals surface area contributed by atoms with Crippen LogP contribution in [0.3, 0.4) is 0 Å². The molecule has 1 amide bonds. The van der Waals surface area contributed by atoms with Crippen LogP contribution in [0.2, 0.25) is 0 Å². The summed E-state index contributed by atoms with van der Waals surface area (Å²) in [6, 6.07) is 10.9. The Kier molecular flexibility index (Phi) is 6.69. The molecule has 1 N–H and O–H groups in total. The number of benzene rings is 2. The van der Waals surface area contributed by atoms with Gasteiger partial charge in [0.15, 0.2) is 0 Å². The Balaban J connectivity index is 1.66. The van der Waals surface area contributed by atoms with Crippen molar-refractivity contribution in [3.05, 3.63) is 53.1 Å². The number of aromatic hydroxyl groups is 1. The average Bonchev–Trinajstić information content (AvgIpc) is 2.82. The van der Waals surface area contributed by atoms with E-state index in [9.17, 15) is 9.90 Å². The van der Waals surface area contributed by atoms with Gasteiger partial charge in [-0.25, -0.2) is 0 Å². The quantitative estimate of drug-likeness (QED) is 0.690. The number of phenolic OH excluding ortho intramolecular Hbond substituents is 1. The second kappa shape index (κ2) is 9.63. The second-order valence-corrected chi connectivity index (χ2v) is 8.78. The van der Waals surface area contributed by atoms with Gasteiger partial charge in [0, 0.05) is 24.6 Å².